The molecule has 0 bridgehead atoms. The molecule has 0 aromatic heterocycles. The average molecular weight is 309 g/mol. The SMILES string of the molecule is CC(C)=CCC/C(C)=C/CCC(C)=CC/C=C/c1ccccc1. The molecule has 0 nitrogen and oxygen atoms in total. The number of rotatable bonds is 9. The van der Waals surface area contributed by atoms with Crippen LogP contribution in [0.25, 0.3) is 6.08 Å². The molecule has 0 amide bonds. The molecule has 1 rings (SSSR count). The third-order valence-corrected chi connectivity index (χ3v) is 3.84. The van der Waals surface area contributed by atoms with Crippen molar-refractivity contribution in [3.63, 3.8) is 0 Å². The standard InChI is InChI=1S/C23H32/c1-20(2)12-10-14-22(4)16-11-15-21(3)13-8-9-19-23-17-6-5-7-18-23/h5-7,9,12-13,16-19H,8,10-11,14-15H2,1-4H3/b19-9+,21-13?,22-16+. The third-order valence-electron chi connectivity index (χ3n) is 3.84. The molecule has 0 atom stereocenters. The number of benzene rings is 1. The largest absolute Gasteiger partial charge is 0.0856 e. The number of allylic oxidation sites excluding steroid dienone is 7. The van der Waals surface area contributed by atoms with Crippen LogP contribution in [-0.4, -0.2) is 0 Å². The van der Waals surface area contributed by atoms with Crippen LogP contribution in [0, 0.1) is 0 Å². The highest BCUT2D eigenvalue weighted by Gasteiger charge is 1.91. The molecule has 0 aliphatic rings. The van der Waals surface area contributed by atoms with E-state index in [1.54, 1.807) is 0 Å². The highest BCUT2D eigenvalue weighted by Crippen LogP contribution is 2.12. The van der Waals surface area contributed by atoms with Gasteiger partial charge in [0.05, 0.1) is 0 Å². The fraction of sp³-hybridized carbons (Fsp3) is 0.391. The second kappa shape index (κ2) is 11.7. The van der Waals surface area contributed by atoms with Crippen LogP contribution in [0.4, 0.5) is 0 Å². The molecule has 1 aromatic rings. The van der Waals surface area contributed by atoms with Gasteiger partial charge in [-0.3, -0.25) is 0 Å². The van der Waals surface area contributed by atoms with Crippen molar-refractivity contribution in [2.24, 2.45) is 0 Å². The zero-order valence-electron chi connectivity index (χ0n) is 15.3. The molecule has 0 unspecified atom stereocenters. The molecule has 124 valence electrons. The molecule has 23 heavy (non-hydrogen) atoms. The van der Waals surface area contributed by atoms with Crippen LogP contribution in [0.15, 0.2) is 71.4 Å². The van der Waals surface area contributed by atoms with Crippen LogP contribution in [0.5, 0.6) is 0 Å². The smallest absolute Gasteiger partial charge is 0.0163 e. The van der Waals surface area contributed by atoms with Crippen LogP contribution >= 0.6 is 0 Å². The number of hydrogen-bond acceptors (Lipinski definition) is 0. The summed E-state index contributed by atoms with van der Waals surface area (Å²) in [7, 11) is 0. The lowest BCUT2D eigenvalue weighted by Crippen LogP contribution is -1.80. The van der Waals surface area contributed by atoms with Gasteiger partial charge in [0.25, 0.3) is 0 Å². The van der Waals surface area contributed by atoms with E-state index in [2.05, 4.69) is 88.4 Å². The summed E-state index contributed by atoms with van der Waals surface area (Å²) in [6.45, 7) is 8.82. The van der Waals surface area contributed by atoms with Crippen molar-refractivity contribution in [2.75, 3.05) is 0 Å². The van der Waals surface area contributed by atoms with Gasteiger partial charge in [-0.2, -0.15) is 0 Å². The van der Waals surface area contributed by atoms with Crippen molar-refractivity contribution < 1.29 is 0 Å². The van der Waals surface area contributed by atoms with Gasteiger partial charge >= 0.3 is 0 Å². The minimum absolute atomic E-state index is 1.02. The minimum atomic E-state index is 1.02. The Balaban J connectivity index is 2.26. The molecule has 0 N–H and O–H groups in total. The summed E-state index contributed by atoms with van der Waals surface area (Å²) in [4.78, 5) is 0. The van der Waals surface area contributed by atoms with Crippen molar-refractivity contribution in [3.8, 4) is 0 Å². The average Bonchev–Trinajstić information content (AvgIpc) is 2.52. The van der Waals surface area contributed by atoms with Gasteiger partial charge in [-0.15, -0.1) is 0 Å². The van der Waals surface area contributed by atoms with E-state index in [4.69, 9.17) is 0 Å². The molecular formula is C23H32. The second-order valence-corrected chi connectivity index (χ2v) is 6.51. The van der Waals surface area contributed by atoms with Crippen molar-refractivity contribution in [1.82, 2.24) is 0 Å². The highest BCUT2D eigenvalue weighted by molar-refractivity contribution is 5.48. The van der Waals surface area contributed by atoms with E-state index in [0.717, 1.165) is 12.8 Å². The highest BCUT2D eigenvalue weighted by atomic mass is 14.0. The van der Waals surface area contributed by atoms with Gasteiger partial charge in [0.2, 0.25) is 0 Å². The Morgan fingerprint density at radius 2 is 1.39 bits per heavy atom. The molecular weight excluding hydrogens is 276 g/mol. The first-order valence-corrected chi connectivity index (χ1v) is 8.74. The predicted octanol–water partition coefficient (Wildman–Crippen LogP) is 7.51. The molecule has 0 saturated heterocycles. The van der Waals surface area contributed by atoms with Gasteiger partial charge in [0.15, 0.2) is 0 Å². The van der Waals surface area contributed by atoms with Gasteiger partial charge in [0.1, 0.15) is 0 Å². The van der Waals surface area contributed by atoms with Gasteiger partial charge in [-0.05, 0) is 65.4 Å². The summed E-state index contributed by atoms with van der Waals surface area (Å²) >= 11 is 0. The molecule has 0 radical (unpaired) electrons. The minimum Gasteiger partial charge on any atom is -0.0856 e. The summed E-state index contributed by atoms with van der Waals surface area (Å²) in [6.07, 6.45) is 17.2. The van der Waals surface area contributed by atoms with E-state index in [1.807, 2.05) is 0 Å². The summed E-state index contributed by atoms with van der Waals surface area (Å²) in [5.74, 6) is 0. The van der Waals surface area contributed by atoms with E-state index < -0.39 is 0 Å². The topological polar surface area (TPSA) is 0 Å². The normalized spacial score (nSPS) is 12.7. The maximum atomic E-state index is 2.40. The van der Waals surface area contributed by atoms with E-state index in [9.17, 15) is 0 Å². The Bertz CT molecular complexity index is 549. The van der Waals surface area contributed by atoms with Gasteiger partial charge < -0.3 is 0 Å². The monoisotopic (exact) mass is 308 g/mol. The molecule has 0 heterocycles. The van der Waals surface area contributed by atoms with Crippen molar-refractivity contribution in [2.45, 2.75) is 59.8 Å². The lowest BCUT2D eigenvalue weighted by atomic mass is 10.1. The zero-order valence-corrected chi connectivity index (χ0v) is 15.3. The first-order chi connectivity index (χ1) is 11.1. The Labute approximate surface area is 143 Å². The lowest BCUT2D eigenvalue weighted by molar-refractivity contribution is 0.915. The summed E-state index contributed by atoms with van der Waals surface area (Å²) in [5, 5.41) is 0. The van der Waals surface area contributed by atoms with E-state index in [-0.39, 0.29) is 0 Å². The predicted molar refractivity (Wildman–Crippen MR) is 106 cm³/mol. The first-order valence-electron chi connectivity index (χ1n) is 8.74. The van der Waals surface area contributed by atoms with Crippen LogP contribution in [-0.2, 0) is 0 Å². The summed E-state index contributed by atoms with van der Waals surface area (Å²) in [6, 6.07) is 10.5. The first kappa shape index (κ1) is 19.2. The number of hydrogen-bond donors (Lipinski definition) is 0. The van der Waals surface area contributed by atoms with Gasteiger partial charge in [0, 0.05) is 0 Å². The molecule has 0 spiro atoms. The maximum absolute atomic E-state index is 2.40. The Hall–Kier alpha value is -1.82. The Morgan fingerprint density at radius 1 is 0.783 bits per heavy atom. The van der Waals surface area contributed by atoms with Crippen molar-refractivity contribution >= 4 is 6.08 Å². The van der Waals surface area contributed by atoms with Crippen LogP contribution < -0.4 is 0 Å². The molecule has 0 aliphatic heterocycles. The zero-order chi connectivity index (χ0) is 16.9. The quantitative estimate of drug-likeness (QED) is 0.414. The third kappa shape index (κ3) is 10.5. The van der Waals surface area contributed by atoms with Crippen molar-refractivity contribution in [3.05, 3.63) is 76.9 Å². The van der Waals surface area contributed by atoms with E-state index >= 15 is 0 Å². The summed E-state index contributed by atoms with van der Waals surface area (Å²) < 4.78 is 0. The fourth-order valence-corrected chi connectivity index (χ4v) is 2.38. The van der Waals surface area contributed by atoms with Gasteiger partial charge in [-0.25, -0.2) is 0 Å². The maximum Gasteiger partial charge on any atom is -0.0163 e. The molecule has 0 heteroatoms. The fourth-order valence-electron chi connectivity index (χ4n) is 2.38. The van der Waals surface area contributed by atoms with Crippen LogP contribution in [0.3, 0.4) is 0 Å². The van der Waals surface area contributed by atoms with E-state index in [1.165, 1.54) is 41.5 Å². The second-order valence-electron chi connectivity index (χ2n) is 6.51. The molecule has 0 fully saturated rings. The lowest BCUT2D eigenvalue weighted by Gasteiger charge is -2.01. The molecule has 1 aromatic carbocycles. The Kier molecular flexibility index (Phi) is 9.79. The van der Waals surface area contributed by atoms with Crippen LogP contribution in [0.2, 0.25) is 0 Å². The Morgan fingerprint density at radius 3 is 2.04 bits per heavy atom. The molecule has 0 aliphatic carbocycles. The van der Waals surface area contributed by atoms with Crippen LogP contribution in [0.1, 0.15) is 65.4 Å². The molecule has 0 saturated carbocycles. The van der Waals surface area contributed by atoms with Gasteiger partial charge in [-0.1, -0.05) is 77.4 Å². The van der Waals surface area contributed by atoms with Crippen molar-refractivity contribution in [1.29, 1.82) is 0 Å². The summed E-state index contributed by atoms with van der Waals surface area (Å²) in [5.41, 5.74) is 5.68. The van der Waals surface area contributed by atoms with E-state index in [0.29, 0.717) is 0 Å².